The fourth-order valence-corrected chi connectivity index (χ4v) is 5.02. The molecule has 1 aromatic carbocycles. The maximum absolute atomic E-state index is 14.6. The van der Waals surface area contributed by atoms with E-state index in [1.165, 1.54) is 6.42 Å². The Morgan fingerprint density at radius 3 is 2.56 bits per heavy atom. The van der Waals surface area contributed by atoms with Crippen molar-refractivity contribution in [1.82, 2.24) is 14.5 Å². The van der Waals surface area contributed by atoms with Crippen LogP contribution >= 0.6 is 0 Å². The third-order valence-electron chi connectivity index (χ3n) is 6.86. The van der Waals surface area contributed by atoms with Crippen molar-refractivity contribution >= 4 is 5.82 Å². The van der Waals surface area contributed by atoms with Crippen LogP contribution in [0.4, 0.5) is 27.8 Å². The average molecular weight is 506 g/mol. The summed E-state index contributed by atoms with van der Waals surface area (Å²) in [4.78, 5) is 21.9. The number of benzene rings is 1. The molecule has 3 aromatic rings. The first-order valence-corrected chi connectivity index (χ1v) is 11.4. The molecule has 2 aromatic heterocycles. The molecule has 6 rings (SSSR count). The van der Waals surface area contributed by atoms with Gasteiger partial charge in [0, 0.05) is 37.5 Å². The van der Waals surface area contributed by atoms with Crippen molar-refractivity contribution in [2.75, 3.05) is 11.4 Å². The minimum absolute atomic E-state index is 0.0439. The quantitative estimate of drug-likeness (QED) is 0.474. The van der Waals surface area contributed by atoms with E-state index in [1.807, 2.05) is 0 Å². The van der Waals surface area contributed by atoms with Crippen LogP contribution in [-0.2, 0) is 19.3 Å². The third kappa shape index (κ3) is 4.14. The lowest BCUT2D eigenvalue weighted by Gasteiger charge is -2.30. The standard InChI is InChI=1S/C24H19F5N4O3/c25-17-3-12(4-18(26)22(17)36-16-1-2-30-19(7-16)24(27,28)29)11-35-20-8-21-32-9-14-5-13(14)6-15(32)10-33(21)23(34)31-20/h1-4,7-8,13-15H,5-6,9-11H2/t13?,14?,15-/m1/s1. The van der Waals surface area contributed by atoms with Crippen LogP contribution in [0.1, 0.15) is 24.1 Å². The van der Waals surface area contributed by atoms with Crippen LogP contribution in [0.25, 0.3) is 0 Å². The van der Waals surface area contributed by atoms with E-state index < -0.39 is 40.7 Å². The van der Waals surface area contributed by atoms with Crippen LogP contribution in [0.2, 0.25) is 0 Å². The van der Waals surface area contributed by atoms with Gasteiger partial charge >= 0.3 is 11.9 Å². The van der Waals surface area contributed by atoms with E-state index >= 15 is 0 Å². The van der Waals surface area contributed by atoms with Gasteiger partial charge in [-0.15, -0.1) is 0 Å². The Kier molecular flexibility index (Phi) is 5.16. The zero-order chi connectivity index (χ0) is 25.2. The number of ether oxygens (including phenoxy) is 2. The highest BCUT2D eigenvalue weighted by Crippen LogP contribution is 2.50. The monoisotopic (exact) mass is 506 g/mol. The predicted octanol–water partition coefficient (Wildman–Crippen LogP) is 4.54. The molecule has 1 saturated heterocycles. The van der Waals surface area contributed by atoms with Crippen molar-refractivity contribution < 1.29 is 31.4 Å². The topological polar surface area (TPSA) is 69.5 Å². The van der Waals surface area contributed by atoms with E-state index in [4.69, 9.17) is 9.47 Å². The molecule has 1 aliphatic carbocycles. The van der Waals surface area contributed by atoms with Crippen molar-refractivity contribution in [3.8, 4) is 17.4 Å². The summed E-state index contributed by atoms with van der Waals surface area (Å²) in [6, 6.07) is 5.41. The van der Waals surface area contributed by atoms with Gasteiger partial charge in [-0.3, -0.25) is 9.55 Å². The number of halogens is 5. The first-order chi connectivity index (χ1) is 17.2. The Hall–Kier alpha value is -3.70. The second kappa shape index (κ2) is 8.17. The van der Waals surface area contributed by atoms with Crippen LogP contribution in [0.15, 0.2) is 41.3 Å². The van der Waals surface area contributed by atoms with Crippen LogP contribution in [0.3, 0.4) is 0 Å². The Morgan fingerprint density at radius 1 is 1.03 bits per heavy atom. The molecule has 4 heterocycles. The minimum atomic E-state index is -4.74. The molecule has 2 aliphatic heterocycles. The molecule has 0 N–H and O–H groups in total. The van der Waals surface area contributed by atoms with Gasteiger partial charge in [0.05, 0.1) is 0 Å². The summed E-state index contributed by atoms with van der Waals surface area (Å²) in [6.07, 6.45) is -1.64. The molecule has 0 bridgehead atoms. The van der Waals surface area contributed by atoms with Crippen LogP contribution in [0.5, 0.6) is 17.4 Å². The zero-order valence-corrected chi connectivity index (χ0v) is 18.6. The van der Waals surface area contributed by atoms with Crippen molar-refractivity contribution in [3.63, 3.8) is 0 Å². The van der Waals surface area contributed by atoms with Crippen molar-refractivity contribution in [2.45, 2.75) is 38.2 Å². The molecule has 36 heavy (non-hydrogen) atoms. The lowest BCUT2D eigenvalue weighted by Crippen LogP contribution is -2.37. The molecule has 2 unspecified atom stereocenters. The number of fused-ring (bicyclic) bond motifs is 4. The van der Waals surface area contributed by atoms with Gasteiger partial charge in [-0.2, -0.15) is 18.2 Å². The van der Waals surface area contributed by atoms with E-state index in [1.54, 1.807) is 10.6 Å². The first-order valence-electron chi connectivity index (χ1n) is 11.4. The van der Waals surface area contributed by atoms with Gasteiger partial charge in [0.2, 0.25) is 5.88 Å². The van der Waals surface area contributed by atoms with Crippen LogP contribution < -0.4 is 20.1 Å². The smallest absolute Gasteiger partial charge is 0.433 e. The van der Waals surface area contributed by atoms with E-state index in [0.717, 1.165) is 49.1 Å². The minimum Gasteiger partial charge on any atom is -0.473 e. The van der Waals surface area contributed by atoms with Gasteiger partial charge in [-0.25, -0.2) is 13.6 Å². The summed E-state index contributed by atoms with van der Waals surface area (Å²) in [5, 5.41) is 0. The molecule has 3 aliphatic rings. The summed E-state index contributed by atoms with van der Waals surface area (Å²) in [5.74, 6) is -1.37. The molecule has 12 heteroatoms. The summed E-state index contributed by atoms with van der Waals surface area (Å²) in [5.41, 5.74) is -1.61. The van der Waals surface area contributed by atoms with E-state index in [-0.39, 0.29) is 24.1 Å². The number of anilines is 1. The summed E-state index contributed by atoms with van der Waals surface area (Å²) in [6.45, 7) is 1.19. The lowest BCUT2D eigenvalue weighted by molar-refractivity contribution is -0.141. The third-order valence-corrected chi connectivity index (χ3v) is 6.86. The van der Waals surface area contributed by atoms with Gasteiger partial charge in [-0.05, 0) is 48.4 Å². The SMILES string of the molecule is O=c1nc(OCc2cc(F)c(Oc3ccnc(C(F)(F)F)c3)c(F)c2)cc2n1C[C@H]1CC3CC3CN21. The van der Waals surface area contributed by atoms with E-state index in [0.29, 0.717) is 18.5 Å². The predicted molar refractivity (Wildman–Crippen MR) is 116 cm³/mol. The molecule has 188 valence electrons. The number of hydrogen-bond acceptors (Lipinski definition) is 6. The average Bonchev–Trinajstić information content (AvgIpc) is 3.50. The Morgan fingerprint density at radius 2 is 1.81 bits per heavy atom. The number of piperidine rings is 1. The summed E-state index contributed by atoms with van der Waals surface area (Å²) in [7, 11) is 0. The second-order valence-electron chi connectivity index (χ2n) is 9.30. The largest absolute Gasteiger partial charge is 0.473 e. The molecule has 7 nitrogen and oxygen atoms in total. The molecule has 0 radical (unpaired) electrons. The number of hydrogen-bond donors (Lipinski definition) is 0. The highest BCUT2D eigenvalue weighted by molar-refractivity contribution is 5.48. The summed E-state index contributed by atoms with van der Waals surface area (Å²) < 4.78 is 79.9. The fourth-order valence-electron chi connectivity index (χ4n) is 5.02. The van der Waals surface area contributed by atoms with E-state index in [2.05, 4.69) is 14.9 Å². The molecule has 2 fully saturated rings. The number of nitrogens with zero attached hydrogens (tertiary/aromatic N) is 4. The number of aromatic nitrogens is 3. The highest BCUT2D eigenvalue weighted by Gasteiger charge is 2.48. The number of alkyl halides is 3. The molecular weight excluding hydrogens is 487 g/mol. The Bertz CT molecular complexity index is 1390. The highest BCUT2D eigenvalue weighted by atomic mass is 19.4. The Balaban J connectivity index is 1.18. The van der Waals surface area contributed by atoms with Gasteiger partial charge in [0.1, 0.15) is 23.9 Å². The van der Waals surface area contributed by atoms with Crippen molar-refractivity contribution in [1.29, 1.82) is 0 Å². The lowest BCUT2D eigenvalue weighted by atomic mass is 10.0. The molecule has 0 spiro atoms. The van der Waals surface area contributed by atoms with Gasteiger partial charge in [0.15, 0.2) is 17.4 Å². The van der Waals surface area contributed by atoms with Crippen LogP contribution in [0, 0.1) is 23.5 Å². The van der Waals surface area contributed by atoms with Crippen LogP contribution in [-0.4, -0.2) is 27.1 Å². The molecule has 3 atom stereocenters. The second-order valence-corrected chi connectivity index (χ2v) is 9.30. The van der Waals surface area contributed by atoms with Gasteiger partial charge in [0.25, 0.3) is 0 Å². The number of rotatable bonds is 5. The molecular formula is C24H19F5N4O3. The zero-order valence-electron chi connectivity index (χ0n) is 18.6. The fraction of sp³-hybridized carbons (Fsp3) is 0.375. The van der Waals surface area contributed by atoms with E-state index in [9.17, 15) is 26.7 Å². The normalized spacial score (nSPS) is 22.0. The van der Waals surface area contributed by atoms with Gasteiger partial charge in [-0.1, -0.05) is 0 Å². The maximum Gasteiger partial charge on any atom is 0.433 e. The molecule has 1 saturated carbocycles. The summed E-state index contributed by atoms with van der Waals surface area (Å²) >= 11 is 0. The van der Waals surface area contributed by atoms with Crippen molar-refractivity contribution in [3.05, 3.63) is 69.9 Å². The maximum atomic E-state index is 14.6. The van der Waals surface area contributed by atoms with Gasteiger partial charge < -0.3 is 14.4 Å². The number of pyridine rings is 1. The first kappa shape index (κ1) is 22.7. The molecule has 0 amide bonds. The Labute approximate surface area is 201 Å². The van der Waals surface area contributed by atoms with Crippen molar-refractivity contribution in [2.24, 2.45) is 11.8 Å².